The smallest absolute Gasteiger partial charge is 0.220 e. The lowest BCUT2D eigenvalue weighted by Gasteiger charge is -2.12. The van der Waals surface area contributed by atoms with Crippen LogP contribution in [0, 0.1) is 0 Å². The minimum Gasteiger partial charge on any atom is -0.441 e. The van der Waals surface area contributed by atoms with Crippen molar-refractivity contribution in [2.45, 2.75) is 32.1 Å². The quantitative estimate of drug-likeness (QED) is 0.648. The van der Waals surface area contributed by atoms with E-state index in [0.717, 1.165) is 17.7 Å². The summed E-state index contributed by atoms with van der Waals surface area (Å²) >= 11 is 0. The van der Waals surface area contributed by atoms with Crippen LogP contribution in [0.25, 0.3) is 11.3 Å². The van der Waals surface area contributed by atoms with E-state index in [1.165, 1.54) is 5.56 Å². The van der Waals surface area contributed by atoms with Gasteiger partial charge in [-0.2, -0.15) is 0 Å². The Bertz CT molecular complexity index is 812. The van der Waals surface area contributed by atoms with Crippen LogP contribution in [0.15, 0.2) is 71.3 Å². The van der Waals surface area contributed by atoms with Crippen LogP contribution in [0.3, 0.4) is 0 Å². The van der Waals surface area contributed by atoms with Gasteiger partial charge in [-0.15, -0.1) is 0 Å². The molecule has 0 fully saturated rings. The van der Waals surface area contributed by atoms with Gasteiger partial charge < -0.3 is 9.73 Å². The molecule has 1 aromatic heterocycles. The van der Waals surface area contributed by atoms with E-state index in [-0.39, 0.29) is 5.91 Å². The Balaban J connectivity index is 1.39. The van der Waals surface area contributed by atoms with Crippen LogP contribution >= 0.6 is 0 Å². The lowest BCUT2D eigenvalue weighted by atomic mass is 10.0. The fourth-order valence-corrected chi connectivity index (χ4v) is 2.82. The number of rotatable bonds is 8. The maximum atomic E-state index is 12.0. The molecule has 0 spiro atoms. The summed E-state index contributed by atoms with van der Waals surface area (Å²) in [7, 11) is 0. The van der Waals surface area contributed by atoms with Crippen LogP contribution in [0.1, 0.15) is 37.1 Å². The highest BCUT2D eigenvalue weighted by Gasteiger charge is 2.09. The first-order valence-electron chi connectivity index (χ1n) is 9.04. The Kier molecular flexibility index (Phi) is 6.20. The monoisotopic (exact) mass is 348 g/mol. The van der Waals surface area contributed by atoms with Crippen molar-refractivity contribution in [2.75, 3.05) is 6.54 Å². The Hall–Kier alpha value is -2.88. The number of hydrogen-bond donors (Lipinski definition) is 1. The number of amides is 1. The molecule has 0 aliphatic rings. The van der Waals surface area contributed by atoms with Gasteiger partial charge in [-0.3, -0.25) is 4.79 Å². The topological polar surface area (TPSA) is 55.1 Å². The fourth-order valence-electron chi connectivity index (χ4n) is 2.82. The van der Waals surface area contributed by atoms with Crippen LogP contribution in [0.2, 0.25) is 0 Å². The van der Waals surface area contributed by atoms with Gasteiger partial charge in [0.1, 0.15) is 0 Å². The third kappa shape index (κ3) is 5.06. The molecule has 0 radical (unpaired) electrons. The average Bonchev–Trinajstić information content (AvgIpc) is 3.16. The molecule has 1 N–H and O–H groups in total. The Morgan fingerprint density at radius 3 is 2.50 bits per heavy atom. The third-order valence-corrected chi connectivity index (χ3v) is 4.38. The second kappa shape index (κ2) is 8.99. The van der Waals surface area contributed by atoms with Crippen LogP contribution < -0.4 is 5.32 Å². The first-order valence-corrected chi connectivity index (χ1v) is 9.04. The zero-order valence-electron chi connectivity index (χ0n) is 15.0. The Morgan fingerprint density at radius 1 is 1.08 bits per heavy atom. The van der Waals surface area contributed by atoms with E-state index >= 15 is 0 Å². The standard InChI is InChI=1S/C22H24N2O2/c1-17(18-9-4-2-5-10-18)15-23-21(25)13-8-14-22-24-16-20(26-22)19-11-6-3-7-12-19/h2-7,9-12,16-17H,8,13-15H2,1H3,(H,23,25)/t17-/m0/s1. The molecule has 3 rings (SSSR count). The highest BCUT2D eigenvalue weighted by Crippen LogP contribution is 2.20. The van der Waals surface area contributed by atoms with E-state index in [0.29, 0.717) is 31.2 Å². The molecule has 1 atom stereocenters. The predicted molar refractivity (Wildman–Crippen MR) is 103 cm³/mol. The van der Waals surface area contributed by atoms with Crippen molar-refractivity contribution >= 4 is 5.91 Å². The molecular formula is C22H24N2O2. The van der Waals surface area contributed by atoms with Gasteiger partial charge in [0.05, 0.1) is 6.20 Å². The molecule has 0 unspecified atom stereocenters. The molecule has 2 aromatic carbocycles. The van der Waals surface area contributed by atoms with Gasteiger partial charge in [-0.1, -0.05) is 67.6 Å². The van der Waals surface area contributed by atoms with Gasteiger partial charge in [0, 0.05) is 24.9 Å². The van der Waals surface area contributed by atoms with Gasteiger partial charge in [0.15, 0.2) is 11.7 Å². The molecule has 0 saturated carbocycles. The summed E-state index contributed by atoms with van der Waals surface area (Å²) in [5.41, 5.74) is 2.25. The number of benzene rings is 2. The summed E-state index contributed by atoms with van der Waals surface area (Å²) in [6, 6.07) is 20.1. The number of carbonyl (C=O) groups excluding carboxylic acids is 1. The maximum absolute atomic E-state index is 12.0. The second-order valence-electron chi connectivity index (χ2n) is 6.45. The molecule has 0 aliphatic heterocycles. The highest BCUT2D eigenvalue weighted by molar-refractivity contribution is 5.75. The van der Waals surface area contributed by atoms with Crippen LogP contribution in [-0.2, 0) is 11.2 Å². The molecular weight excluding hydrogens is 324 g/mol. The third-order valence-electron chi connectivity index (χ3n) is 4.38. The summed E-state index contributed by atoms with van der Waals surface area (Å²) in [4.78, 5) is 16.3. The molecule has 134 valence electrons. The summed E-state index contributed by atoms with van der Waals surface area (Å²) in [6.07, 6.45) is 3.60. The molecule has 26 heavy (non-hydrogen) atoms. The molecule has 1 amide bonds. The number of nitrogens with zero attached hydrogens (tertiary/aromatic N) is 1. The van der Waals surface area contributed by atoms with E-state index in [9.17, 15) is 4.79 Å². The molecule has 4 nitrogen and oxygen atoms in total. The minimum absolute atomic E-state index is 0.0719. The SMILES string of the molecule is C[C@@H](CNC(=O)CCCc1ncc(-c2ccccc2)o1)c1ccccc1. The molecule has 1 heterocycles. The second-order valence-corrected chi connectivity index (χ2v) is 6.45. The van der Waals surface area contributed by atoms with Crippen molar-refractivity contribution in [3.8, 4) is 11.3 Å². The van der Waals surface area contributed by atoms with Crippen molar-refractivity contribution < 1.29 is 9.21 Å². The lowest BCUT2D eigenvalue weighted by molar-refractivity contribution is -0.121. The molecule has 0 bridgehead atoms. The summed E-state index contributed by atoms with van der Waals surface area (Å²) in [5, 5.41) is 3.01. The van der Waals surface area contributed by atoms with E-state index in [1.807, 2.05) is 48.5 Å². The van der Waals surface area contributed by atoms with Gasteiger partial charge in [0.25, 0.3) is 0 Å². The number of nitrogens with one attached hydrogen (secondary N) is 1. The fraction of sp³-hybridized carbons (Fsp3) is 0.273. The summed E-state index contributed by atoms with van der Waals surface area (Å²) in [5.74, 6) is 1.82. The van der Waals surface area contributed by atoms with Crippen LogP contribution in [0.5, 0.6) is 0 Å². The minimum atomic E-state index is 0.0719. The summed E-state index contributed by atoms with van der Waals surface area (Å²) < 4.78 is 5.76. The van der Waals surface area contributed by atoms with Crippen molar-refractivity contribution in [1.29, 1.82) is 0 Å². The van der Waals surface area contributed by atoms with Gasteiger partial charge in [0.2, 0.25) is 5.91 Å². The van der Waals surface area contributed by atoms with Crippen molar-refractivity contribution in [3.05, 3.63) is 78.3 Å². The van der Waals surface area contributed by atoms with E-state index in [1.54, 1.807) is 6.20 Å². The predicted octanol–water partition coefficient (Wildman–Crippen LogP) is 4.58. The van der Waals surface area contributed by atoms with Crippen molar-refractivity contribution in [1.82, 2.24) is 10.3 Å². The van der Waals surface area contributed by atoms with Crippen molar-refractivity contribution in [2.24, 2.45) is 0 Å². The number of hydrogen-bond acceptors (Lipinski definition) is 3. The zero-order chi connectivity index (χ0) is 18.2. The van der Waals surface area contributed by atoms with Crippen LogP contribution in [-0.4, -0.2) is 17.4 Å². The largest absolute Gasteiger partial charge is 0.441 e. The number of oxazole rings is 1. The zero-order valence-corrected chi connectivity index (χ0v) is 15.0. The van der Waals surface area contributed by atoms with Gasteiger partial charge in [-0.05, 0) is 17.9 Å². The molecule has 0 aliphatic carbocycles. The molecule has 3 aromatic rings. The molecule has 4 heteroatoms. The highest BCUT2D eigenvalue weighted by atomic mass is 16.4. The Labute approximate surface area is 154 Å². The number of aromatic nitrogens is 1. The normalized spacial score (nSPS) is 11.9. The Morgan fingerprint density at radius 2 is 1.77 bits per heavy atom. The van der Waals surface area contributed by atoms with E-state index < -0.39 is 0 Å². The number of aryl methyl sites for hydroxylation is 1. The first kappa shape index (κ1) is 17.9. The average molecular weight is 348 g/mol. The maximum Gasteiger partial charge on any atom is 0.220 e. The summed E-state index contributed by atoms with van der Waals surface area (Å²) in [6.45, 7) is 2.77. The van der Waals surface area contributed by atoms with Gasteiger partial charge in [-0.25, -0.2) is 4.98 Å². The molecule has 0 saturated heterocycles. The van der Waals surface area contributed by atoms with E-state index in [2.05, 4.69) is 29.4 Å². The van der Waals surface area contributed by atoms with Gasteiger partial charge >= 0.3 is 0 Å². The van der Waals surface area contributed by atoms with E-state index in [4.69, 9.17) is 4.42 Å². The first-order chi connectivity index (χ1) is 12.7. The number of carbonyl (C=O) groups is 1. The lowest BCUT2D eigenvalue weighted by Crippen LogP contribution is -2.27. The van der Waals surface area contributed by atoms with Crippen LogP contribution in [0.4, 0.5) is 0 Å². The van der Waals surface area contributed by atoms with Crippen molar-refractivity contribution in [3.63, 3.8) is 0 Å².